The summed E-state index contributed by atoms with van der Waals surface area (Å²) in [5.41, 5.74) is 2.13. The van der Waals surface area contributed by atoms with Crippen molar-refractivity contribution in [3.8, 4) is 11.5 Å². The van der Waals surface area contributed by atoms with Crippen LogP contribution in [0.3, 0.4) is 0 Å². The van der Waals surface area contributed by atoms with Crippen LogP contribution in [-0.2, 0) is 0 Å². The maximum atomic E-state index is 6.32. The molecule has 21 heavy (non-hydrogen) atoms. The predicted molar refractivity (Wildman–Crippen MR) is 90.4 cm³/mol. The van der Waals surface area contributed by atoms with Gasteiger partial charge >= 0.3 is 0 Å². The third kappa shape index (κ3) is 3.44. The Morgan fingerprint density at radius 2 is 1.71 bits per heavy atom. The zero-order valence-electron chi connectivity index (χ0n) is 12.9. The Labute approximate surface area is 134 Å². The van der Waals surface area contributed by atoms with Crippen LogP contribution < -0.4 is 14.8 Å². The molecule has 0 bridgehead atoms. The SMILES string of the molecule is COc1cc(Cl)c(NC(C)c2cc(C)sc2C)cc1OC. The topological polar surface area (TPSA) is 30.5 Å². The van der Waals surface area contributed by atoms with Gasteiger partial charge in [-0.3, -0.25) is 0 Å². The third-order valence-corrected chi connectivity index (χ3v) is 4.69. The number of halogens is 1. The molecule has 2 rings (SSSR count). The summed E-state index contributed by atoms with van der Waals surface area (Å²) in [5, 5.41) is 4.06. The normalized spacial score (nSPS) is 12.1. The molecule has 3 nitrogen and oxygen atoms in total. The van der Waals surface area contributed by atoms with Crippen LogP contribution >= 0.6 is 22.9 Å². The summed E-state index contributed by atoms with van der Waals surface area (Å²) >= 11 is 8.13. The molecule has 1 aromatic carbocycles. The minimum absolute atomic E-state index is 0.172. The number of aryl methyl sites for hydroxylation is 2. The lowest BCUT2D eigenvalue weighted by Gasteiger charge is -2.18. The van der Waals surface area contributed by atoms with Gasteiger partial charge in [-0.15, -0.1) is 11.3 Å². The number of anilines is 1. The van der Waals surface area contributed by atoms with Crippen LogP contribution in [0.2, 0.25) is 5.02 Å². The molecular formula is C16H20ClNO2S. The van der Waals surface area contributed by atoms with E-state index in [2.05, 4.69) is 32.2 Å². The average Bonchev–Trinajstić information content (AvgIpc) is 2.79. The van der Waals surface area contributed by atoms with E-state index in [1.54, 1.807) is 20.3 Å². The predicted octanol–water partition coefficient (Wildman–Crippen LogP) is 5.21. The molecule has 5 heteroatoms. The van der Waals surface area contributed by atoms with Crippen LogP contribution in [0.15, 0.2) is 18.2 Å². The Hall–Kier alpha value is -1.39. The summed E-state index contributed by atoms with van der Waals surface area (Å²) in [7, 11) is 3.22. The first-order chi connectivity index (χ1) is 9.96. The van der Waals surface area contributed by atoms with E-state index >= 15 is 0 Å². The number of hydrogen-bond acceptors (Lipinski definition) is 4. The number of hydrogen-bond donors (Lipinski definition) is 1. The largest absolute Gasteiger partial charge is 0.493 e. The molecule has 0 aliphatic heterocycles. The van der Waals surface area contributed by atoms with Gasteiger partial charge in [0, 0.05) is 27.9 Å². The fraction of sp³-hybridized carbons (Fsp3) is 0.375. The second kappa shape index (κ2) is 6.58. The van der Waals surface area contributed by atoms with E-state index in [1.165, 1.54) is 15.3 Å². The Balaban J connectivity index is 2.28. The Morgan fingerprint density at radius 3 is 2.24 bits per heavy atom. The number of methoxy groups -OCH3 is 2. The van der Waals surface area contributed by atoms with Crippen LogP contribution in [0.25, 0.3) is 0 Å². The molecule has 1 N–H and O–H groups in total. The van der Waals surface area contributed by atoms with E-state index in [0.29, 0.717) is 16.5 Å². The van der Waals surface area contributed by atoms with Crippen molar-refractivity contribution < 1.29 is 9.47 Å². The zero-order valence-corrected chi connectivity index (χ0v) is 14.5. The fourth-order valence-corrected chi connectivity index (χ4v) is 3.59. The molecule has 0 aliphatic carbocycles. The van der Waals surface area contributed by atoms with Gasteiger partial charge in [0.25, 0.3) is 0 Å². The lowest BCUT2D eigenvalue weighted by atomic mass is 10.1. The van der Waals surface area contributed by atoms with Gasteiger partial charge < -0.3 is 14.8 Å². The van der Waals surface area contributed by atoms with Crippen molar-refractivity contribution in [3.05, 3.63) is 38.5 Å². The van der Waals surface area contributed by atoms with Crippen molar-refractivity contribution in [1.29, 1.82) is 0 Å². The van der Waals surface area contributed by atoms with E-state index in [1.807, 2.05) is 17.4 Å². The van der Waals surface area contributed by atoms with E-state index in [9.17, 15) is 0 Å². The molecule has 0 aliphatic rings. The van der Waals surface area contributed by atoms with Gasteiger partial charge in [0.05, 0.1) is 24.9 Å². The van der Waals surface area contributed by atoms with Gasteiger partial charge in [-0.25, -0.2) is 0 Å². The number of ether oxygens (including phenoxy) is 2. The number of benzene rings is 1. The smallest absolute Gasteiger partial charge is 0.162 e. The molecule has 1 heterocycles. The monoisotopic (exact) mass is 325 g/mol. The molecule has 1 aromatic heterocycles. The molecule has 2 aromatic rings. The zero-order chi connectivity index (χ0) is 15.6. The van der Waals surface area contributed by atoms with E-state index in [4.69, 9.17) is 21.1 Å². The highest BCUT2D eigenvalue weighted by Gasteiger charge is 2.15. The third-order valence-electron chi connectivity index (χ3n) is 3.39. The van der Waals surface area contributed by atoms with Crippen molar-refractivity contribution in [2.75, 3.05) is 19.5 Å². The molecule has 0 fully saturated rings. The summed E-state index contributed by atoms with van der Waals surface area (Å²) in [5.74, 6) is 1.29. The van der Waals surface area contributed by atoms with Crippen LogP contribution in [0.1, 0.15) is 28.3 Å². The molecule has 0 saturated carbocycles. The first-order valence-corrected chi connectivity index (χ1v) is 7.90. The first kappa shape index (κ1) is 16.0. The standard InChI is InChI=1S/C16H20ClNO2S/c1-9-6-12(11(3)21-9)10(2)18-14-8-16(20-5)15(19-4)7-13(14)17/h6-8,10,18H,1-5H3. The van der Waals surface area contributed by atoms with E-state index < -0.39 is 0 Å². The first-order valence-electron chi connectivity index (χ1n) is 6.71. The summed E-state index contributed by atoms with van der Waals surface area (Å²) in [4.78, 5) is 2.64. The maximum absolute atomic E-state index is 6.32. The van der Waals surface area contributed by atoms with Crippen molar-refractivity contribution in [3.63, 3.8) is 0 Å². The fourth-order valence-electron chi connectivity index (χ4n) is 2.36. The van der Waals surface area contributed by atoms with Crippen LogP contribution in [0, 0.1) is 13.8 Å². The van der Waals surface area contributed by atoms with Gasteiger partial charge in [-0.2, -0.15) is 0 Å². The van der Waals surface area contributed by atoms with Crippen molar-refractivity contribution in [1.82, 2.24) is 0 Å². The van der Waals surface area contributed by atoms with Crippen molar-refractivity contribution in [2.45, 2.75) is 26.8 Å². The lowest BCUT2D eigenvalue weighted by Crippen LogP contribution is -2.07. The van der Waals surface area contributed by atoms with Crippen LogP contribution in [0.5, 0.6) is 11.5 Å². The van der Waals surface area contributed by atoms with Gasteiger partial charge in [0.2, 0.25) is 0 Å². The molecule has 1 unspecified atom stereocenters. The maximum Gasteiger partial charge on any atom is 0.162 e. The molecule has 114 valence electrons. The number of nitrogens with one attached hydrogen (secondary N) is 1. The minimum Gasteiger partial charge on any atom is -0.493 e. The van der Waals surface area contributed by atoms with Crippen molar-refractivity contribution >= 4 is 28.6 Å². The summed E-state index contributed by atoms with van der Waals surface area (Å²) in [6, 6.07) is 6.02. The number of thiophene rings is 1. The Bertz CT molecular complexity index is 639. The molecule has 0 amide bonds. The molecule has 0 saturated heterocycles. The highest BCUT2D eigenvalue weighted by atomic mass is 35.5. The Kier molecular flexibility index (Phi) is 5.01. The highest BCUT2D eigenvalue weighted by molar-refractivity contribution is 7.12. The van der Waals surface area contributed by atoms with Crippen LogP contribution in [-0.4, -0.2) is 14.2 Å². The summed E-state index contributed by atoms with van der Waals surface area (Å²) < 4.78 is 10.6. The van der Waals surface area contributed by atoms with Crippen molar-refractivity contribution in [2.24, 2.45) is 0 Å². The van der Waals surface area contributed by atoms with Crippen LogP contribution in [0.4, 0.5) is 5.69 Å². The van der Waals surface area contributed by atoms with Gasteiger partial charge in [0.1, 0.15) is 0 Å². The summed E-state index contributed by atoms with van der Waals surface area (Å²) in [6.45, 7) is 6.39. The molecular weight excluding hydrogens is 306 g/mol. The van der Waals surface area contributed by atoms with Gasteiger partial charge in [0.15, 0.2) is 11.5 Å². The lowest BCUT2D eigenvalue weighted by molar-refractivity contribution is 0.355. The second-order valence-electron chi connectivity index (χ2n) is 4.92. The molecule has 1 atom stereocenters. The average molecular weight is 326 g/mol. The van der Waals surface area contributed by atoms with Gasteiger partial charge in [-0.1, -0.05) is 11.6 Å². The number of rotatable bonds is 5. The molecule has 0 spiro atoms. The summed E-state index contributed by atoms with van der Waals surface area (Å²) in [6.07, 6.45) is 0. The minimum atomic E-state index is 0.172. The van der Waals surface area contributed by atoms with E-state index in [0.717, 1.165) is 5.69 Å². The Morgan fingerprint density at radius 1 is 1.10 bits per heavy atom. The quantitative estimate of drug-likeness (QED) is 0.818. The van der Waals surface area contributed by atoms with Gasteiger partial charge in [-0.05, 0) is 32.4 Å². The second-order valence-corrected chi connectivity index (χ2v) is 6.79. The molecule has 0 radical (unpaired) electrons. The highest BCUT2D eigenvalue weighted by Crippen LogP contribution is 2.38. The van der Waals surface area contributed by atoms with E-state index in [-0.39, 0.29) is 6.04 Å².